The second-order valence-electron chi connectivity index (χ2n) is 4.86. The van der Waals surface area contributed by atoms with E-state index in [1.165, 1.54) is 4.90 Å². The minimum absolute atomic E-state index is 0.0453. The van der Waals surface area contributed by atoms with Gasteiger partial charge in [0.2, 0.25) is 5.91 Å². The van der Waals surface area contributed by atoms with Crippen LogP contribution in [-0.2, 0) is 17.9 Å². The summed E-state index contributed by atoms with van der Waals surface area (Å²) >= 11 is 0. The van der Waals surface area contributed by atoms with Crippen LogP contribution in [-0.4, -0.2) is 15.7 Å². The van der Waals surface area contributed by atoms with E-state index < -0.39 is 23.6 Å². The molecule has 1 amide bonds. The van der Waals surface area contributed by atoms with Crippen LogP contribution in [0.5, 0.6) is 0 Å². The molecule has 2 N–H and O–H groups in total. The van der Waals surface area contributed by atoms with Crippen LogP contribution < -0.4 is 10.6 Å². The lowest BCUT2D eigenvalue weighted by Gasteiger charge is -2.18. The summed E-state index contributed by atoms with van der Waals surface area (Å²) in [5.41, 5.74) is 6.76. The van der Waals surface area contributed by atoms with E-state index in [0.29, 0.717) is 6.54 Å². The lowest BCUT2D eigenvalue weighted by molar-refractivity contribution is -0.119. The molecule has 1 aromatic heterocycles. The average Bonchev–Trinajstić information content (AvgIpc) is 2.97. The zero-order valence-electron chi connectivity index (χ0n) is 11.4. The smallest absolute Gasteiger partial charge is 0.249 e. The first-order valence-corrected chi connectivity index (χ1v) is 6.59. The van der Waals surface area contributed by atoms with Gasteiger partial charge in [-0.05, 0) is 19.1 Å². The molecule has 0 saturated carbocycles. The van der Waals surface area contributed by atoms with E-state index in [4.69, 9.17) is 5.73 Å². The fourth-order valence-electron chi connectivity index (χ4n) is 2.62. The summed E-state index contributed by atoms with van der Waals surface area (Å²) in [5, 5.41) is 4.11. The molecule has 5 nitrogen and oxygen atoms in total. The van der Waals surface area contributed by atoms with Crippen LogP contribution in [0.15, 0.2) is 24.4 Å². The quantitative estimate of drug-likeness (QED) is 0.937. The summed E-state index contributed by atoms with van der Waals surface area (Å²) < 4.78 is 29.0. The molecule has 0 spiro atoms. The molecule has 3 rings (SSSR count). The highest BCUT2D eigenvalue weighted by atomic mass is 19.1. The average molecular weight is 292 g/mol. The first-order valence-electron chi connectivity index (χ1n) is 6.59. The second kappa shape index (κ2) is 4.92. The molecule has 7 heteroatoms. The predicted octanol–water partition coefficient (Wildman–Crippen LogP) is 1.73. The number of aryl methyl sites for hydroxylation is 1. The summed E-state index contributed by atoms with van der Waals surface area (Å²) in [7, 11) is 0. The zero-order valence-corrected chi connectivity index (χ0v) is 11.4. The van der Waals surface area contributed by atoms with Crippen molar-refractivity contribution in [3.63, 3.8) is 0 Å². The first kappa shape index (κ1) is 13.7. The maximum absolute atomic E-state index is 13.9. The third-order valence-electron chi connectivity index (χ3n) is 3.63. The highest BCUT2D eigenvalue weighted by Gasteiger charge is 2.38. The van der Waals surface area contributed by atoms with Gasteiger partial charge in [-0.2, -0.15) is 5.10 Å². The zero-order chi connectivity index (χ0) is 15.1. The number of carbonyl (C=O) groups excluding carboxylic acids is 1. The maximum Gasteiger partial charge on any atom is 0.249 e. The van der Waals surface area contributed by atoms with E-state index in [9.17, 15) is 13.6 Å². The molecule has 21 heavy (non-hydrogen) atoms. The van der Waals surface area contributed by atoms with Crippen LogP contribution >= 0.6 is 0 Å². The molecule has 2 aromatic rings. The molecular formula is C14H14F2N4O. The van der Waals surface area contributed by atoms with Crippen molar-refractivity contribution in [2.75, 3.05) is 4.90 Å². The minimum atomic E-state index is -1.10. The Bertz CT molecular complexity index is 713. The lowest BCUT2D eigenvalue weighted by Crippen LogP contribution is -2.32. The highest BCUT2D eigenvalue weighted by Crippen LogP contribution is 2.37. The number of halogens is 2. The summed E-state index contributed by atoms with van der Waals surface area (Å²) in [5.74, 6) is -1.97. The summed E-state index contributed by atoms with van der Waals surface area (Å²) in [6, 6.07) is 2.54. The normalized spacial score (nSPS) is 17.4. The van der Waals surface area contributed by atoms with Crippen molar-refractivity contribution in [2.45, 2.75) is 26.1 Å². The number of benzene rings is 1. The highest BCUT2D eigenvalue weighted by molar-refractivity contribution is 6.04. The molecule has 1 aromatic carbocycles. The van der Waals surface area contributed by atoms with Gasteiger partial charge in [0.1, 0.15) is 17.7 Å². The second-order valence-corrected chi connectivity index (χ2v) is 4.86. The van der Waals surface area contributed by atoms with Crippen LogP contribution in [0.3, 0.4) is 0 Å². The van der Waals surface area contributed by atoms with E-state index in [0.717, 1.165) is 17.8 Å². The molecule has 0 aliphatic carbocycles. The van der Waals surface area contributed by atoms with E-state index in [1.807, 2.05) is 6.92 Å². The number of aromatic nitrogens is 2. The standard InChI is InChI=1S/C14H14F2N4O/c1-2-20-9(3-4-18-20)7-19-11-6-8(15)5-10(16)12(11)13(17)14(19)21/h3-6,13H,2,7,17H2,1H3. The van der Waals surface area contributed by atoms with Gasteiger partial charge in [0.05, 0.1) is 17.9 Å². The van der Waals surface area contributed by atoms with Crippen LogP contribution in [0.4, 0.5) is 14.5 Å². The number of anilines is 1. The van der Waals surface area contributed by atoms with Crippen molar-refractivity contribution in [3.05, 3.63) is 47.3 Å². The van der Waals surface area contributed by atoms with Crippen LogP contribution in [0, 0.1) is 11.6 Å². The third kappa shape index (κ3) is 2.09. The molecule has 110 valence electrons. The van der Waals surface area contributed by atoms with Gasteiger partial charge in [0.25, 0.3) is 0 Å². The van der Waals surface area contributed by atoms with E-state index in [1.54, 1.807) is 16.9 Å². The Kier molecular flexibility index (Phi) is 3.21. The molecular weight excluding hydrogens is 278 g/mol. The fraction of sp³-hybridized carbons (Fsp3) is 0.286. The number of hydrogen-bond donors (Lipinski definition) is 1. The first-order chi connectivity index (χ1) is 10.0. The Hall–Kier alpha value is -2.28. The van der Waals surface area contributed by atoms with Crippen molar-refractivity contribution >= 4 is 11.6 Å². The predicted molar refractivity (Wildman–Crippen MR) is 72.4 cm³/mol. The lowest BCUT2D eigenvalue weighted by atomic mass is 10.1. The number of hydrogen-bond acceptors (Lipinski definition) is 3. The monoisotopic (exact) mass is 292 g/mol. The number of nitrogens with zero attached hydrogens (tertiary/aromatic N) is 3. The maximum atomic E-state index is 13.9. The molecule has 1 atom stereocenters. The van der Waals surface area contributed by atoms with Gasteiger partial charge < -0.3 is 10.6 Å². The molecule has 0 fully saturated rings. The molecule has 1 aliphatic heterocycles. The van der Waals surface area contributed by atoms with Gasteiger partial charge in [0.15, 0.2) is 0 Å². The number of fused-ring (bicyclic) bond motifs is 1. The minimum Gasteiger partial charge on any atom is -0.316 e. The summed E-state index contributed by atoms with van der Waals surface area (Å²) in [4.78, 5) is 13.5. The van der Waals surface area contributed by atoms with Gasteiger partial charge in [-0.15, -0.1) is 0 Å². The third-order valence-corrected chi connectivity index (χ3v) is 3.63. The number of carbonyl (C=O) groups is 1. The van der Waals surface area contributed by atoms with Crippen molar-refractivity contribution in [3.8, 4) is 0 Å². The largest absolute Gasteiger partial charge is 0.316 e. The van der Waals surface area contributed by atoms with Crippen molar-refractivity contribution in [1.82, 2.24) is 9.78 Å². The van der Waals surface area contributed by atoms with Gasteiger partial charge in [0, 0.05) is 24.4 Å². The topological polar surface area (TPSA) is 64.2 Å². The van der Waals surface area contributed by atoms with Crippen LogP contribution in [0.25, 0.3) is 0 Å². The Morgan fingerprint density at radius 1 is 1.38 bits per heavy atom. The molecule has 0 saturated heterocycles. The van der Waals surface area contributed by atoms with Gasteiger partial charge in [-0.25, -0.2) is 8.78 Å². The van der Waals surface area contributed by atoms with E-state index >= 15 is 0 Å². The Balaban J connectivity index is 2.03. The van der Waals surface area contributed by atoms with E-state index in [2.05, 4.69) is 5.10 Å². The van der Waals surface area contributed by atoms with Crippen molar-refractivity contribution < 1.29 is 13.6 Å². The Morgan fingerprint density at radius 2 is 2.14 bits per heavy atom. The SMILES string of the molecule is CCn1nccc1CN1C(=O)C(N)c2c(F)cc(F)cc21. The molecule has 0 radical (unpaired) electrons. The van der Waals surface area contributed by atoms with Crippen LogP contribution in [0.1, 0.15) is 24.2 Å². The summed E-state index contributed by atoms with van der Waals surface area (Å²) in [6.45, 7) is 2.73. The van der Waals surface area contributed by atoms with Gasteiger partial charge >= 0.3 is 0 Å². The van der Waals surface area contributed by atoms with Gasteiger partial charge in [-0.3, -0.25) is 9.48 Å². The van der Waals surface area contributed by atoms with Gasteiger partial charge in [-0.1, -0.05) is 0 Å². The number of nitrogens with two attached hydrogens (primary N) is 1. The van der Waals surface area contributed by atoms with Crippen molar-refractivity contribution in [2.24, 2.45) is 5.73 Å². The number of amides is 1. The Morgan fingerprint density at radius 3 is 2.86 bits per heavy atom. The van der Waals surface area contributed by atoms with Crippen LogP contribution in [0.2, 0.25) is 0 Å². The Labute approximate surface area is 120 Å². The molecule has 1 aliphatic rings. The van der Waals surface area contributed by atoms with E-state index in [-0.39, 0.29) is 17.8 Å². The molecule has 2 heterocycles. The molecule has 1 unspecified atom stereocenters. The molecule has 0 bridgehead atoms. The summed E-state index contributed by atoms with van der Waals surface area (Å²) in [6.07, 6.45) is 1.62. The fourth-order valence-corrected chi connectivity index (χ4v) is 2.62. The number of rotatable bonds is 3. The van der Waals surface area contributed by atoms with Crippen molar-refractivity contribution in [1.29, 1.82) is 0 Å².